The molecule has 3 aromatic carbocycles. The first-order chi connectivity index (χ1) is 16.0. The third-order valence-corrected chi connectivity index (χ3v) is 10.6. The van der Waals surface area contributed by atoms with Crippen molar-refractivity contribution >= 4 is 40.2 Å². The van der Waals surface area contributed by atoms with Gasteiger partial charge in [-0.15, -0.1) is 12.2 Å². The highest BCUT2D eigenvalue weighted by molar-refractivity contribution is 8.68. The third kappa shape index (κ3) is 4.37. The second-order valence-corrected chi connectivity index (χ2v) is 15.4. The monoisotopic (exact) mass is 507 g/mol. The molecule has 0 spiro atoms. The lowest BCUT2D eigenvalue weighted by Gasteiger charge is -2.19. The number of aromatic nitrogens is 2. The van der Waals surface area contributed by atoms with Gasteiger partial charge in [-0.05, 0) is 88.1 Å². The first-order valence-corrected chi connectivity index (χ1v) is 15.3. The van der Waals surface area contributed by atoms with E-state index in [1.165, 1.54) is 44.8 Å². The Labute approximate surface area is 213 Å². The topological polar surface area (TPSA) is 18.0 Å². The summed E-state index contributed by atoms with van der Waals surface area (Å²) in [6, 6.07) is 17.0. The summed E-state index contributed by atoms with van der Waals surface area (Å²) in [5, 5.41) is -1.46. The summed E-state index contributed by atoms with van der Waals surface area (Å²) in [7, 11) is 1.68. The normalized spacial score (nSPS) is 13.1. The Kier molecular flexibility index (Phi) is 6.83. The van der Waals surface area contributed by atoms with E-state index in [0.717, 1.165) is 16.6 Å². The lowest BCUT2D eigenvalue weighted by Crippen LogP contribution is -2.48. The van der Waals surface area contributed by atoms with Gasteiger partial charge in [0.15, 0.2) is 0 Å². The Morgan fingerprint density at radius 2 is 1.32 bits per heavy atom. The number of imidazole rings is 1. The van der Waals surface area contributed by atoms with Crippen LogP contribution >= 0.6 is 17.5 Å². The first-order valence-electron chi connectivity index (χ1n) is 11.3. The maximum absolute atomic E-state index is 6.40. The van der Waals surface area contributed by atoms with Crippen LogP contribution in [0.25, 0.3) is 11.4 Å². The summed E-state index contributed by atoms with van der Waals surface area (Å²) >= 11 is 11.7. The number of hydrogen-bond acceptors (Lipinski definition) is 2. The average Bonchev–Trinajstić information content (AvgIpc) is 3.17. The molecule has 4 rings (SSSR count). The van der Waals surface area contributed by atoms with Gasteiger partial charge < -0.3 is 4.74 Å². The minimum atomic E-state index is -2.49. The fraction of sp³-hybridized carbons (Fsp3) is 0.250. The molecule has 1 atom stereocenters. The largest absolute Gasteiger partial charge is 0.497 e. The number of ether oxygens (including phenoxy) is 1. The van der Waals surface area contributed by atoms with Crippen molar-refractivity contribution in [1.29, 1.82) is 0 Å². The number of nitrogens with zero attached hydrogens (tertiary/aromatic N) is 2. The van der Waals surface area contributed by atoms with Crippen LogP contribution in [0.5, 0.6) is 5.75 Å². The fourth-order valence-corrected chi connectivity index (χ4v) is 8.60. The molecule has 0 N–H and O–H groups in total. The molecule has 0 saturated heterocycles. The van der Waals surface area contributed by atoms with E-state index < -0.39 is 5.24 Å². The molecule has 1 aromatic heterocycles. The van der Waals surface area contributed by atoms with Gasteiger partial charge in [0.05, 0.1) is 7.11 Å². The van der Waals surface area contributed by atoms with E-state index >= 15 is 0 Å². The number of aryl methyl sites for hydroxylation is 6. The second kappa shape index (κ2) is 9.37. The van der Waals surface area contributed by atoms with E-state index in [4.69, 9.17) is 28.8 Å². The molecule has 0 fully saturated rings. The molecule has 0 aliphatic heterocycles. The highest BCUT2D eigenvalue weighted by atomic mass is 32.9. The van der Waals surface area contributed by atoms with Gasteiger partial charge >= 0.3 is 5.57 Å². The van der Waals surface area contributed by atoms with E-state index in [1.54, 1.807) is 7.11 Å². The van der Waals surface area contributed by atoms with Gasteiger partial charge in [-0.25, -0.2) is 0 Å². The van der Waals surface area contributed by atoms with Crippen molar-refractivity contribution in [1.82, 2.24) is 4.57 Å². The molecule has 1 unspecified atom stereocenters. The molecule has 0 radical (unpaired) electrons. The summed E-state index contributed by atoms with van der Waals surface area (Å²) in [5.74, 6) is 0.811. The van der Waals surface area contributed by atoms with E-state index in [1.807, 2.05) is 12.1 Å². The maximum atomic E-state index is 6.40. The smallest absolute Gasteiger partial charge is 0.310 e. The van der Waals surface area contributed by atoms with Gasteiger partial charge in [0.1, 0.15) is 34.8 Å². The molecular formula is C28H32N2OPS2+. The molecule has 0 aliphatic rings. The van der Waals surface area contributed by atoms with Crippen molar-refractivity contribution in [3.8, 4) is 17.1 Å². The molecule has 0 aliphatic carbocycles. The quantitative estimate of drug-likeness (QED) is 0.206. The fourth-order valence-electron chi connectivity index (χ4n) is 5.03. The van der Waals surface area contributed by atoms with E-state index in [0.29, 0.717) is 0 Å². The standard InChI is InChI=1S/C28H31N2OPS2/c1-18-14-20(3)26(21(4)15-18)29-12-13-30(27-22(5)16-19(2)17-23(27)6)28(29)32(33,34)25-10-8-24(31-7)9-11-25/h8-17H,1-7H3/p+1. The number of benzene rings is 3. The Morgan fingerprint density at radius 3 is 1.82 bits per heavy atom. The summed E-state index contributed by atoms with van der Waals surface area (Å²) in [4.78, 5) is 0. The molecule has 0 saturated carbocycles. The van der Waals surface area contributed by atoms with E-state index in [9.17, 15) is 0 Å². The Hall–Kier alpha value is -2.33. The lowest BCUT2D eigenvalue weighted by atomic mass is 10.0. The van der Waals surface area contributed by atoms with Gasteiger partial charge in [0.25, 0.3) is 0 Å². The molecule has 176 valence electrons. The first kappa shape index (κ1) is 24.8. The van der Waals surface area contributed by atoms with Gasteiger partial charge in [0, 0.05) is 5.30 Å². The van der Waals surface area contributed by atoms with Crippen molar-refractivity contribution < 1.29 is 9.30 Å². The second-order valence-electron chi connectivity index (χ2n) is 9.11. The number of hydrogen-bond donors (Lipinski definition) is 1. The minimum absolute atomic E-state index is 0.811. The van der Waals surface area contributed by atoms with Crippen LogP contribution in [0.2, 0.25) is 0 Å². The number of rotatable bonds is 5. The molecule has 1 heterocycles. The zero-order valence-electron chi connectivity index (χ0n) is 20.9. The van der Waals surface area contributed by atoms with Crippen LogP contribution in [0.4, 0.5) is 0 Å². The minimum Gasteiger partial charge on any atom is -0.497 e. The summed E-state index contributed by atoms with van der Waals surface area (Å²) in [6.45, 7) is 12.9. The van der Waals surface area contributed by atoms with Crippen LogP contribution < -0.4 is 20.2 Å². The van der Waals surface area contributed by atoms with Crippen molar-refractivity contribution in [3.63, 3.8) is 0 Å². The van der Waals surface area contributed by atoms with Crippen molar-refractivity contribution in [2.45, 2.75) is 41.5 Å². The number of methoxy groups -OCH3 is 1. The highest BCUT2D eigenvalue weighted by Gasteiger charge is 2.36. The molecule has 3 nitrogen and oxygen atoms in total. The zero-order chi connectivity index (χ0) is 24.8. The molecule has 0 bridgehead atoms. The third-order valence-electron chi connectivity index (χ3n) is 6.24. The zero-order valence-corrected chi connectivity index (χ0v) is 23.5. The van der Waals surface area contributed by atoms with Gasteiger partial charge in [-0.3, -0.25) is 0 Å². The Bertz CT molecular complexity index is 1320. The molecule has 0 amide bonds. The van der Waals surface area contributed by atoms with Crippen LogP contribution in [-0.4, -0.2) is 11.7 Å². The van der Waals surface area contributed by atoms with E-state index in [-0.39, 0.29) is 0 Å². The highest BCUT2D eigenvalue weighted by Crippen LogP contribution is 2.48. The summed E-state index contributed by atoms with van der Waals surface area (Å²) < 4.78 is 9.92. The van der Waals surface area contributed by atoms with Crippen LogP contribution in [0.1, 0.15) is 33.4 Å². The lowest BCUT2D eigenvalue weighted by molar-refractivity contribution is -0.575. The molecule has 6 heteroatoms. The van der Waals surface area contributed by atoms with Crippen LogP contribution in [0, 0.1) is 41.5 Å². The summed E-state index contributed by atoms with van der Waals surface area (Å²) in [6.07, 6.45) is 4.28. The molecule has 4 aromatic rings. The van der Waals surface area contributed by atoms with Crippen molar-refractivity contribution in [2.75, 3.05) is 7.11 Å². The summed E-state index contributed by atoms with van der Waals surface area (Å²) in [5.41, 5.74) is 10.7. The maximum Gasteiger partial charge on any atom is 0.310 e. The predicted molar refractivity (Wildman–Crippen MR) is 151 cm³/mol. The van der Waals surface area contributed by atoms with Gasteiger partial charge in [-0.2, -0.15) is 9.13 Å². The SMILES string of the molecule is COc1ccc(P(=S)(S)c2n(-c3c(C)cc(C)cc3C)cc[n+]2-c2c(C)cc(C)cc2C)cc1. The van der Waals surface area contributed by atoms with Crippen LogP contribution in [0.15, 0.2) is 60.9 Å². The number of thiol groups is 1. The predicted octanol–water partition coefficient (Wildman–Crippen LogP) is 5.89. The van der Waals surface area contributed by atoms with Crippen LogP contribution in [-0.2, 0) is 11.8 Å². The Morgan fingerprint density at radius 1 is 0.824 bits per heavy atom. The average molecular weight is 508 g/mol. The Balaban J connectivity index is 2.07. The van der Waals surface area contributed by atoms with Crippen LogP contribution in [0.3, 0.4) is 0 Å². The molecular weight excluding hydrogens is 475 g/mol. The van der Waals surface area contributed by atoms with Crippen molar-refractivity contribution in [2.24, 2.45) is 0 Å². The molecule has 34 heavy (non-hydrogen) atoms. The van der Waals surface area contributed by atoms with E-state index in [2.05, 4.69) is 99.5 Å². The van der Waals surface area contributed by atoms with Gasteiger partial charge in [0.2, 0.25) is 0 Å². The van der Waals surface area contributed by atoms with Gasteiger partial charge in [-0.1, -0.05) is 47.2 Å². The van der Waals surface area contributed by atoms with Crippen molar-refractivity contribution in [3.05, 3.63) is 94.3 Å².